The third kappa shape index (κ3) is 2.35. The Kier molecular flexibility index (Phi) is 2.52. The van der Waals surface area contributed by atoms with Crippen molar-refractivity contribution in [2.45, 2.75) is 39.2 Å². The lowest BCUT2D eigenvalue weighted by molar-refractivity contribution is 0.503. The van der Waals surface area contributed by atoms with E-state index >= 15 is 0 Å². The Labute approximate surface area is 57.8 Å². The summed E-state index contributed by atoms with van der Waals surface area (Å²) in [5.74, 6) is 0.898. The van der Waals surface area contributed by atoms with Crippen molar-refractivity contribution in [3.05, 3.63) is 0 Å². The monoisotopic (exact) mass is 127 g/mol. The maximum Gasteiger partial charge on any atom is 0.00388 e. The third-order valence-electron chi connectivity index (χ3n) is 2.15. The molecule has 0 aromatic carbocycles. The van der Waals surface area contributed by atoms with Gasteiger partial charge in [0.2, 0.25) is 0 Å². The first-order valence-corrected chi connectivity index (χ1v) is 4.02. The first-order valence-electron chi connectivity index (χ1n) is 4.02. The lowest BCUT2D eigenvalue weighted by Crippen LogP contribution is -2.27. The van der Waals surface area contributed by atoms with E-state index in [2.05, 4.69) is 19.2 Å². The molecule has 0 radical (unpaired) electrons. The second-order valence-corrected chi connectivity index (χ2v) is 3.35. The van der Waals surface area contributed by atoms with Crippen LogP contribution in [0.4, 0.5) is 0 Å². The van der Waals surface area contributed by atoms with Gasteiger partial charge in [0.25, 0.3) is 0 Å². The van der Waals surface area contributed by atoms with Crippen LogP contribution in [0, 0.1) is 5.92 Å². The highest BCUT2D eigenvalue weighted by atomic mass is 14.9. The summed E-state index contributed by atoms with van der Waals surface area (Å²) in [6.07, 6.45) is 4.19. The highest BCUT2D eigenvalue weighted by Crippen LogP contribution is 2.12. The van der Waals surface area contributed by atoms with Gasteiger partial charge in [0.15, 0.2) is 0 Å². The number of hydrogen-bond acceptors (Lipinski definition) is 1. The minimum atomic E-state index is 0.759. The summed E-state index contributed by atoms with van der Waals surface area (Å²) in [5, 5.41) is 3.49. The number of hydrogen-bond donors (Lipinski definition) is 1. The van der Waals surface area contributed by atoms with Crippen LogP contribution in [0.2, 0.25) is 0 Å². The molecule has 0 unspecified atom stereocenters. The van der Waals surface area contributed by atoms with Gasteiger partial charge in [0.05, 0.1) is 0 Å². The lowest BCUT2D eigenvalue weighted by atomic mass is 10.1. The Balaban J connectivity index is 2.25. The second kappa shape index (κ2) is 3.21. The molecular weight excluding hydrogens is 110 g/mol. The molecule has 0 aromatic rings. The van der Waals surface area contributed by atoms with Crippen LogP contribution in [0.5, 0.6) is 0 Å². The van der Waals surface area contributed by atoms with Gasteiger partial charge in [-0.2, -0.15) is 0 Å². The zero-order chi connectivity index (χ0) is 6.69. The minimum Gasteiger partial charge on any atom is -0.314 e. The average Bonchev–Trinajstić information content (AvgIpc) is 1.97. The summed E-state index contributed by atoms with van der Waals surface area (Å²) < 4.78 is 0. The average molecular weight is 127 g/mol. The fourth-order valence-electron chi connectivity index (χ4n) is 1.38. The smallest absolute Gasteiger partial charge is 0.00388 e. The maximum atomic E-state index is 3.49. The molecule has 1 fully saturated rings. The van der Waals surface area contributed by atoms with Gasteiger partial charge < -0.3 is 5.32 Å². The van der Waals surface area contributed by atoms with Gasteiger partial charge in [-0.3, -0.25) is 0 Å². The van der Waals surface area contributed by atoms with Crippen molar-refractivity contribution in [3.8, 4) is 0 Å². The largest absolute Gasteiger partial charge is 0.314 e. The molecule has 0 saturated carbocycles. The molecule has 1 aliphatic heterocycles. The van der Waals surface area contributed by atoms with Crippen molar-refractivity contribution in [1.29, 1.82) is 0 Å². The van der Waals surface area contributed by atoms with E-state index in [-0.39, 0.29) is 0 Å². The van der Waals surface area contributed by atoms with E-state index < -0.39 is 0 Å². The van der Waals surface area contributed by atoms with Crippen molar-refractivity contribution in [1.82, 2.24) is 5.32 Å². The van der Waals surface area contributed by atoms with Crippen LogP contribution in [0.25, 0.3) is 0 Å². The minimum absolute atomic E-state index is 0.759. The molecule has 1 heterocycles. The zero-order valence-corrected chi connectivity index (χ0v) is 6.48. The van der Waals surface area contributed by atoms with Crippen LogP contribution in [-0.4, -0.2) is 12.6 Å². The first kappa shape index (κ1) is 7.07. The van der Waals surface area contributed by atoms with Crippen molar-refractivity contribution >= 4 is 0 Å². The maximum absolute atomic E-state index is 3.49. The normalized spacial score (nSPS) is 38.0. The molecule has 0 amide bonds. The molecule has 9 heavy (non-hydrogen) atoms. The van der Waals surface area contributed by atoms with Gasteiger partial charge in [-0.1, -0.05) is 13.3 Å². The van der Waals surface area contributed by atoms with E-state index in [0.717, 1.165) is 12.0 Å². The summed E-state index contributed by atoms with van der Waals surface area (Å²) in [6.45, 7) is 5.82. The van der Waals surface area contributed by atoms with Gasteiger partial charge in [-0.05, 0) is 32.2 Å². The summed E-state index contributed by atoms with van der Waals surface area (Å²) >= 11 is 0. The van der Waals surface area contributed by atoms with Gasteiger partial charge in [-0.15, -0.1) is 0 Å². The summed E-state index contributed by atoms with van der Waals surface area (Å²) in [7, 11) is 0. The van der Waals surface area contributed by atoms with Crippen LogP contribution >= 0.6 is 0 Å². The zero-order valence-electron chi connectivity index (χ0n) is 6.48. The number of rotatable bonds is 0. The van der Waals surface area contributed by atoms with E-state index in [1.54, 1.807) is 0 Å². The van der Waals surface area contributed by atoms with Gasteiger partial charge in [0.1, 0.15) is 0 Å². The molecule has 1 rings (SSSR count). The fraction of sp³-hybridized carbons (Fsp3) is 1.00. The number of nitrogens with one attached hydrogen (secondary N) is 1. The summed E-state index contributed by atoms with van der Waals surface area (Å²) in [6, 6.07) is 0.759. The predicted molar refractivity (Wildman–Crippen MR) is 40.5 cm³/mol. The second-order valence-electron chi connectivity index (χ2n) is 3.35. The van der Waals surface area contributed by atoms with Crippen LogP contribution in [-0.2, 0) is 0 Å². The molecule has 1 aliphatic rings. The molecule has 1 heteroatoms. The van der Waals surface area contributed by atoms with Crippen molar-refractivity contribution < 1.29 is 0 Å². The molecule has 54 valence electrons. The standard InChI is InChI=1S/C8H17N/c1-7-4-3-5-8(2)9-6-7/h7-9H,3-6H2,1-2H3/t7-,8+/m0/s1. The molecule has 0 spiro atoms. The van der Waals surface area contributed by atoms with E-state index in [9.17, 15) is 0 Å². The molecule has 0 bridgehead atoms. The van der Waals surface area contributed by atoms with Gasteiger partial charge in [0, 0.05) is 6.04 Å². The molecular formula is C8H17N. The lowest BCUT2D eigenvalue weighted by Gasteiger charge is -2.09. The SMILES string of the molecule is C[C@H]1CCC[C@@H](C)NC1. The molecule has 1 nitrogen and oxygen atoms in total. The predicted octanol–water partition coefficient (Wildman–Crippen LogP) is 1.78. The van der Waals surface area contributed by atoms with Crippen LogP contribution in [0.1, 0.15) is 33.1 Å². The van der Waals surface area contributed by atoms with Crippen LogP contribution in [0.3, 0.4) is 0 Å². The molecule has 0 aliphatic carbocycles. The Bertz CT molecular complexity index is 70.6. The van der Waals surface area contributed by atoms with Crippen LogP contribution < -0.4 is 5.32 Å². The van der Waals surface area contributed by atoms with Gasteiger partial charge in [-0.25, -0.2) is 0 Å². The molecule has 2 atom stereocenters. The fourth-order valence-corrected chi connectivity index (χ4v) is 1.38. The Morgan fingerprint density at radius 2 is 2.00 bits per heavy atom. The highest BCUT2D eigenvalue weighted by Gasteiger charge is 2.10. The molecule has 1 N–H and O–H groups in total. The van der Waals surface area contributed by atoms with E-state index in [0.29, 0.717) is 0 Å². The van der Waals surface area contributed by atoms with E-state index in [1.807, 2.05) is 0 Å². The topological polar surface area (TPSA) is 12.0 Å². The summed E-state index contributed by atoms with van der Waals surface area (Å²) in [4.78, 5) is 0. The van der Waals surface area contributed by atoms with Crippen molar-refractivity contribution in [3.63, 3.8) is 0 Å². The Hall–Kier alpha value is -0.0400. The van der Waals surface area contributed by atoms with E-state index in [4.69, 9.17) is 0 Å². The Morgan fingerprint density at radius 1 is 1.22 bits per heavy atom. The third-order valence-corrected chi connectivity index (χ3v) is 2.15. The quantitative estimate of drug-likeness (QED) is 0.523. The van der Waals surface area contributed by atoms with Crippen LogP contribution in [0.15, 0.2) is 0 Å². The highest BCUT2D eigenvalue weighted by molar-refractivity contribution is 4.69. The summed E-state index contributed by atoms with van der Waals surface area (Å²) in [5.41, 5.74) is 0. The van der Waals surface area contributed by atoms with Gasteiger partial charge >= 0.3 is 0 Å². The van der Waals surface area contributed by atoms with E-state index in [1.165, 1.54) is 25.8 Å². The molecule has 0 aromatic heterocycles. The van der Waals surface area contributed by atoms with Crippen molar-refractivity contribution in [2.24, 2.45) is 5.92 Å². The first-order chi connectivity index (χ1) is 4.29. The van der Waals surface area contributed by atoms with Crippen molar-refractivity contribution in [2.75, 3.05) is 6.54 Å². The molecule has 1 saturated heterocycles. The Morgan fingerprint density at radius 3 is 2.78 bits per heavy atom.